The van der Waals surface area contributed by atoms with Crippen molar-refractivity contribution in [2.24, 2.45) is 17.6 Å². The van der Waals surface area contributed by atoms with Crippen molar-refractivity contribution < 1.29 is 4.79 Å². The van der Waals surface area contributed by atoms with E-state index in [1.54, 1.807) is 0 Å². The monoisotopic (exact) mass is 368 g/mol. The molecule has 1 unspecified atom stereocenters. The van der Waals surface area contributed by atoms with Gasteiger partial charge in [0, 0.05) is 24.8 Å². The summed E-state index contributed by atoms with van der Waals surface area (Å²) in [5.41, 5.74) is 9.83. The Balaban J connectivity index is 1.33. The van der Waals surface area contributed by atoms with Crippen LogP contribution in [0.25, 0.3) is 10.9 Å². The zero-order valence-corrected chi connectivity index (χ0v) is 16.3. The highest BCUT2D eigenvalue weighted by Crippen LogP contribution is 2.31. The zero-order valence-electron chi connectivity index (χ0n) is 16.3. The number of nitrogens with one attached hydrogen (secondary N) is 2. The fourth-order valence-corrected chi connectivity index (χ4v) is 5.04. The van der Waals surface area contributed by atoms with Crippen LogP contribution >= 0.6 is 0 Å². The molecule has 2 saturated heterocycles. The highest BCUT2D eigenvalue weighted by atomic mass is 16.2. The lowest BCUT2D eigenvalue weighted by Gasteiger charge is -2.38. The molecule has 2 aromatic rings. The third kappa shape index (κ3) is 4.04. The van der Waals surface area contributed by atoms with Crippen LogP contribution in [0.3, 0.4) is 0 Å². The standard InChI is InChI=1S/C22H32N4O/c1-15-12-16(13-19-4-9-25-21(15)19)14-20(23)22(27)26-10-5-18(6-11-26)17-2-7-24-8-3-17/h4,9,12-13,17-18,20,24-25H,2-3,5-8,10-11,14,23H2,1H3. The molecular weight excluding hydrogens is 336 g/mol. The number of nitrogens with zero attached hydrogens (tertiary/aromatic N) is 1. The third-order valence-electron chi connectivity index (χ3n) is 6.59. The Kier molecular flexibility index (Phi) is 5.50. The van der Waals surface area contributed by atoms with Gasteiger partial charge < -0.3 is 20.9 Å². The summed E-state index contributed by atoms with van der Waals surface area (Å²) in [6, 6.07) is 5.92. The van der Waals surface area contributed by atoms with E-state index >= 15 is 0 Å². The van der Waals surface area contributed by atoms with Gasteiger partial charge in [-0.05, 0) is 92.6 Å². The summed E-state index contributed by atoms with van der Waals surface area (Å²) in [4.78, 5) is 18.1. The van der Waals surface area contributed by atoms with Gasteiger partial charge in [0.05, 0.1) is 6.04 Å². The van der Waals surface area contributed by atoms with Crippen LogP contribution in [-0.2, 0) is 11.2 Å². The van der Waals surface area contributed by atoms with E-state index in [2.05, 4.69) is 35.4 Å². The van der Waals surface area contributed by atoms with E-state index in [1.807, 2.05) is 11.1 Å². The van der Waals surface area contributed by atoms with E-state index in [0.717, 1.165) is 56.4 Å². The number of hydrogen-bond donors (Lipinski definition) is 3. The topological polar surface area (TPSA) is 74.2 Å². The number of aromatic nitrogens is 1. The number of fused-ring (bicyclic) bond motifs is 1. The molecule has 1 aromatic heterocycles. The van der Waals surface area contributed by atoms with Gasteiger partial charge in [-0.25, -0.2) is 0 Å². The van der Waals surface area contributed by atoms with Crippen molar-refractivity contribution in [3.63, 3.8) is 0 Å². The lowest BCUT2D eigenvalue weighted by atomic mass is 9.79. The summed E-state index contributed by atoms with van der Waals surface area (Å²) in [6.07, 6.45) is 7.42. The van der Waals surface area contributed by atoms with E-state index < -0.39 is 6.04 Å². The van der Waals surface area contributed by atoms with E-state index in [0.29, 0.717) is 6.42 Å². The molecule has 0 radical (unpaired) electrons. The number of aromatic amines is 1. The smallest absolute Gasteiger partial charge is 0.239 e. The van der Waals surface area contributed by atoms with Crippen LogP contribution in [0.4, 0.5) is 0 Å². The molecule has 1 aromatic carbocycles. The maximum absolute atomic E-state index is 12.9. The summed E-state index contributed by atoms with van der Waals surface area (Å²) in [5.74, 6) is 1.74. The fraction of sp³-hybridized carbons (Fsp3) is 0.591. The Morgan fingerprint density at radius 2 is 1.89 bits per heavy atom. The van der Waals surface area contributed by atoms with Gasteiger partial charge >= 0.3 is 0 Å². The molecular formula is C22H32N4O. The third-order valence-corrected chi connectivity index (χ3v) is 6.59. The molecule has 5 nitrogen and oxygen atoms in total. The lowest BCUT2D eigenvalue weighted by Crippen LogP contribution is -2.49. The molecule has 2 aliphatic heterocycles. The first-order valence-electron chi connectivity index (χ1n) is 10.4. The van der Waals surface area contributed by atoms with Crippen LogP contribution in [0.5, 0.6) is 0 Å². The first-order chi connectivity index (χ1) is 13.1. The SMILES string of the molecule is Cc1cc(CC(N)C(=O)N2CCC(C3CCNCC3)CC2)cc2cc[nH]c12. The molecule has 2 fully saturated rings. The lowest BCUT2D eigenvalue weighted by molar-refractivity contribution is -0.134. The number of amides is 1. The average molecular weight is 369 g/mol. The van der Waals surface area contributed by atoms with E-state index in [9.17, 15) is 4.79 Å². The van der Waals surface area contributed by atoms with Crippen molar-refractivity contribution in [2.45, 2.75) is 45.1 Å². The molecule has 3 heterocycles. The summed E-state index contributed by atoms with van der Waals surface area (Å²) >= 11 is 0. The van der Waals surface area contributed by atoms with Gasteiger partial charge in [0.25, 0.3) is 0 Å². The molecule has 2 aliphatic rings. The second-order valence-electron chi connectivity index (χ2n) is 8.42. The van der Waals surface area contributed by atoms with Crippen molar-refractivity contribution in [1.29, 1.82) is 0 Å². The average Bonchev–Trinajstić information content (AvgIpc) is 3.17. The molecule has 0 bridgehead atoms. The molecule has 0 aliphatic carbocycles. The van der Waals surface area contributed by atoms with Crippen LogP contribution < -0.4 is 11.1 Å². The normalized spacial score (nSPS) is 20.9. The number of carbonyl (C=O) groups is 1. The number of aryl methyl sites for hydroxylation is 1. The molecule has 4 rings (SSSR count). The summed E-state index contributed by atoms with van der Waals surface area (Å²) in [7, 11) is 0. The predicted octanol–water partition coefficient (Wildman–Crippen LogP) is 2.58. The van der Waals surface area contributed by atoms with Crippen molar-refractivity contribution in [1.82, 2.24) is 15.2 Å². The summed E-state index contributed by atoms with van der Waals surface area (Å²) in [6.45, 7) is 6.15. The Bertz CT molecular complexity index is 785. The molecule has 1 atom stereocenters. The molecule has 1 amide bonds. The van der Waals surface area contributed by atoms with Crippen LogP contribution in [-0.4, -0.2) is 48.0 Å². The van der Waals surface area contributed by atoms with Crippen molar-refractivity contribution in [2.75, 3.05) is 26.2 Å². The van der Waals surface area contributed by atoms with Crippen molar-refractivity contribution in [3.05, 3.63) is 35.5 Å². The second-order valence-corrected chi connectivity index (χ2v) is 8.42. The predicted molar refractivity (Wildman–Crippen MR) is 110 cm³/mol. The number of likely N-dealkylation sites (tertiary alicyclic amines) is 1. The van der Waals surface area contributed by atoms with Crippen LogP contribution in [0.1, 0.15) is 36.8 Å². The molecule has 5 heteroatoms. The van der Waals surface area contributed by atoms with Gasteiger partial charge in [-0.15, -0.1) is 0 Å². The van der Waals surface area contributed by atoms with E-state index in [-0.39, 0.29) is 5.91 Å². The van der Waals surface area contributed by atoms with Crippen molar-refractivity contribution >= 4 is 16.8 Å². The minimum atomic E-state index is -0.448. The number of piperidine rings is 2. The molecule has 4 N–H and O–H groups in total. The largest absolute Gasteiger partial charge is 0.361 e. The zero-order chi connectivity index (χ0) is 18.8. The quantitative estimate of drug-likeness (QED) is 0.776. The molecule has 0 spiro atoms. The van der Waals surface area contributed by atoms with Gasteiger partial charge in [0.1, 0.15) is 0 Å². The number of rotatable bonds is 4. The Hall–Kier alpha value is -1.85. The van der Waals surface area contributed by atoms with Crippen LogP contribution in [0.15, 0.2) is 24.4 Å². The number of hydrogen-bond acceptors (Lipinski definition) is 3. The van der Waals surface area contributed by atoms with Crippen molar-refractivity contribution in [3.8, 4) is 0 Å². The van der Waals surface area contributed by atoms with Gasteiger partial charge in [-0.3, -0.25) is 4.79 Å². The molecule has 146 valence electrons. The maximum atomic E-state index is 12.9. The van der Waals surface area contributed by atoms with Gasteiger partial charge in [-0.2, -0.15) is 0 Å². The first-order valence-corrected chi connectivity index (χ1v) is 10.4. The fourth-order valence-electron chi connectivity index (χ4n) is 5.04. The number of H-pyrrole nitrogens is 1. The molecule has 0 saturated carbocycles. The Labute approximate surface area is 161 Å². The van der Waals surface area contributed by atoms with Crippen LogP contribution in [0, 0.1) is 18.8 Å². The highest BCUT2D eigenvalue weighted by Gasteiger charge is 2.30. The molecule has 27 heavy (non-hydrogen) atoms. The number of nitrogens with two attached hydrogens (primary N) is 1. The highest BCUT2D eigenvalue weighted by molar-refractivity contribution is 5.84. The first kappa shape index (κ1) is 18.5. The number of carbonyl (C=O) groups excluding carboxylic acids is 1. The van der Waals surface area contributed by atoms with E-state index in [1.165, 1.54) is 29.3 Å². The van der Waals surface area contributed by atoms with Gasteiger partial charge in [-0.1, -0.05) is 6.07 Å². The second kappa shape index (κ2) is 8.03. The Morgan fingerprint density at radius 3 is 2.63 bits per heavy atom. The minimum absolute atomic E-state index is 0.116. The Morgan fingerprint density at radius 1 is 1.19 bits per heavy atom. The maximum Gasteiger partial charge on any atom is 0.239 e. The number of benzene rings is 1. The minimum Gasteiger partial charge on any atom is -0.361 e. The summed E-state index contributed by atoms with van der Waals surface area (Å²) < 4.78 is 0. The van der Waals surface area contributed by atoms with Gasteiger partial charge in [0.15, 0.2) is 0 Å². The van der Waals surface area contributed by atoms with Crippen LogP contribution in [0.2, 0.25) is 0 Å². The van der Waals surface area contributed by atoms with Gasteiger partial charge in [0.2, 0.25) is 5.91 Å². The summed E-state index contributed by atoms with van der Waals surface area (Å²) in [5, 5.41) is 4.64. The van der Waals surface area contributed by atoms with E-state index in [4.69, 9.17) is 5.73 Å².